The number of nitrogens with zero attached hydrogens (tertiary/aromatic N) is 2. The predicted octanol–water partition coefficient (Wildman–Crippen LogP) is 18.3. The topological polar surface area (TPSA) is 6.48 Å². The molecule has 6 atom stereocenters. The first-order valence-electron chi connectivity index (χ1n) is 27.3. The lowest BCUT2D eigenvalue weighted by Crippen LogP contribution is -2.18. The van der Waals surface area contributed by atoms with Crippen LogP contribution in [0.1, 0.15) is 122 Å². The summed E-state index contributed by atoms with van der Waals surface area (Å²) in [7, 11) is 0. The normalized spacial score (nSPS) is 23.1. The van der Waals surface area contributed by atoms with E-state index in [0.29, 0.717) is 5.92 Å². The van der Waals surface area contributed by atoms with Crippen LogP contribution in [0, 0.1) is 23.7 Å². The molecule has 0 aromatic heterocycles. The molecule has 0 radical (unpaired) electrons. The van der Waals surface area contributed by atoms with E-state index in [1.165, 1.54) is 147 Å². The van der Waals surface area contributed by atoms with Gasteiger partial charge in [0.2, 0.25) is 0 Å². The Hall–Kier alpha value is -6.64. The van der Waals surface area contributed by atoms with E-state index in [0.717, 1.165) is 55.3 Å². The third-order valence-corrected chi connectivity index (χ3v) is 18.8. The lowest BCUT2D eigenvalue weighted by atomic mass is 9.81. The zero-order chi connectivity index (χ0) is 47.2. The monoisotopic (exact) mass is 923 g/mol. The van der Waals surface area contributed by atoms with Gasteiger partial charge < -0.3 is 9.80 Å². The third-order valence-electron chi connectivity index (χ3n) is 18.8. The van der Waals surface area contributed by atoms with E-state index in [2.05, 4.69) is 206 Å². The summed E-state index contributed by atoms with van der Waals surface area (Å²) in [5, 5.41) is 0. The summed E-state index contributed by atoms with van der Waals surface area (Å²) in [6.45, 7) is 4.86. The molecule has 17 rings (SSSR count). The molecule has 8 bridgehead atoms. The Balaban J connectivity index is 0.845. The van der Waals surface area contributed by atoms with Crippen LogP contribution in [0.5, 0.6) is 0 Å². The summed E-state index contributed by atoms with van der Waals surface area (Å²) in [6, 6.07) is 70.9. The number of fused-ring (bicyclic) bond motifs is 7. The highest BCUT2D eigenvalue weighted by Gasteiger charge is 2.42. The Kier molecular flexibility index (Phi) is 10.5. The van der Waals surface area contributed by atoms with Gasteiger partial charge in [0, 0.05) is 39.5 Å². The number of rotatable bonds is 9. The van der Waals surface area contributed by atoms with Gasteiger partial charge in [-0.25, -0.2) is 0 Å². The molecule has 8 aromatic carbocycles. The van der Waals surface area contributed by atoms with Crippen molar-refractivity contribution in [3.63, 3.8) is 0 Å². The van der Waals surface area contributed by atoms with Gasteiger partial charge in [-0.05, 0) is 227 Å². The fraction of sp³-hybridized carbons (Fsp3) is 0.304. The molecule has 2 nitrogen and oxygen atoms in total. The van der Waals surface area contributed by atoms with Gasteiger partial charge in [-0.3, -0.25) is 0 Å². The number of anilines is 6. The second-order valence-electron chi connectivity index (χ2n) is 23.1. The van der Waals surface area contributed by atoms with Crippen molar-refractivity contribution in [2.45, 2.75) is 108 Å². The largest absolute Gasteiger partial charge is 0.310 e. The van der Waals surface area contributed by atoms with E-state index in [-0.39, 0.29) is 5.41 Å². The molecule has 2 heteroatoms. The maximum atomic E-state index is 2.62. The van der Waals surface area contributed by atoms with Gasteiger partial charge in [0.15, 0.2) is 0 Å². The van der Waals surface area contributed by atoms with Gasteiger partial charge in [0.1, 0.15) is 0 Å². The first-order valence-corrected chi connectivity index (χ1v) is 27.3. The lowest BCUT2D eigenvalue weighted by Gasteiger charge is -2.31. The SMILES string of the molecule is CC1(C)c2cc(N(c3ccc(C4CC5CCC4C5)cc3)c3cc4ccc3CCc3ccc(c(N(c5ccccc5)c5ccc(C6CC7CCC6C7)cc5)c3)CC4)ccc2-c2c(-c3ccccc3)cccc21. The average Bonchev–Trinajstić information content (AvgIpc) is 4.28. The summed E-state index contributed by atoms with van der Waals surface area (Å²) in [5.74, 6) is 5.05. The van der Waals surface area contributed by atoms with Crippen molar-refractivity contribution in [1.29, 1.82) is 0 Å². The summed E-state index contributed by atoms with van der Waals surface area (Å²) in [4.78, 5) is 5.16. The van der Waals surface area contributed by atoms with Crippen LogP contribution < -0.4 is 9.80 Å². The summed E-state index contributed by atoms with van der Waals surface area (Å²) in [6.07, 6.45) is 15.1. The molecule has 4 saturated carbocycles. The van der Waals surface area contributed by atoms with Gasteiger partial charge in [0.05, 0.1) is 0 Å². The smallest absolute Gasteiger partial charge is 0.0496 e. The minimum Gasteiger partial charge on any atom is -0.310 e. The number of benzene rings is 8. The van der Waals surface area contributed by atoms with E-state index in [1.54, 1.807) is 5.56 Å². The summed E-state index contributed by atoms with van der Waals surface area (Å²) >= 11 is 0. The van der Waals surface area contributed by atoms with Crippen molar-refractivity contribution in [2.24, 2.45) is 23.7 Å². The quantitative estimate of drug-likeness (QED) is 0.142. The summed E-state index contributed by atoms with van der Waals surface area (Å²) < 4.78 is 0. The number of aryl methyl sites for hydroxylation is 4. The molecular formula is C69H66N2. The molecule has 0 heterocycles. The maximum Gasteiger partial charge on any atom is 0.0496 e. The molecule has 8 aromatic rings. The van der Waals surface area contributed by atoms with Crippen molar-refractivity contribution in [3.05, 3.63) is 226 Å². The second kappa shape index (κ2) is 17.3. The van der Waals surface area contributed by atoms with Crippen molar-refractivity contribution in [3.8, 4) is 22.3 Å². The molecule has 0 saturated heterocycles. The van der Waals surface area contributed by atoms with Crippen LogP contribution in [-0.4, -0.2) is 0 Å². The fourth-order valence-electron chi connectivity index (χ4n) is 15.2. The van der Waals surface area contributed by atoms with Crippen LogP contribution in [0.2, 0.25) is 0 Å². The van der Waals surface area contributed by atoms with E-state index < -0.39 is 0 Å². The average molecular weight is 923 g/mol. The van der Waals surface area contributed by atoms with Crippen molar-refractivity contribution < 1.29 is 0 Å². The molecule has 6 unspecified atom stereocenters. The van der Waals surface area contributed by atoms with Crippen LogP contribution in [0.15, 0.2) is 182 Å². The number of hydrogen-bond donors (Lipinski definition) is 0. The lowest BCUT2D eigenvalue weighted by molar-refractivity contribution is 0.420. The maximum absolute atomic E-state index is 2.62. The van der Waals surface area contributed by atoms with Crippen LogP contribution in [0.4, 0.5) is 34.1 Å². The van der Waals surface area contributed by atoms with Gasteiger partial charge >= 0.3 is 0 Å². The molecule has 0 N–H and O–H groups in total. The Bertz CT molecular complexity index is 3270. The molecule has 71 heavy (non-hydrogen) atoms. The third kappa shape index (κ3) is 7.50. The minimum absolute atomic E-state index is 0.154. The van der Waals surface area contributed by atoms with Crippen LogP contribution in [0.3, 0.4) is 0 Å². The Morgan fingerprint density at radius 3 is 1.45 bits per heavy atom. The Morgan fingerprint density at radius 1 is 0.394 bits per heavy atom. The highest BCUT2D eigenvalue weighted by Crippen LogP contribution is 2.56. The zero-order valence-electron chi connectivity index (χ0n) is 41.7. The van der Waals surface area contributed by atoms with Crippen LogP contribution in [0.25, 0.3) is 22.3 Å². The molecule has 9 aliphatic rings. The van der Waals surface area contributed by atoms with Crippen LogP contribution in [-0.2, 0) is 31.1 Å². The van der Waals surface area contributed by atoms with Gasteiger partial charge in [-0.2, -0.15) is 0 Å². The predicted molar refractivity (Wildman–Crippen MR) is 296 cm³/mol. The molecule has 4 fully saturated rings. The minimum atomic E-state index is -0.154. The Labute approximate surface area is 422 Å². The highest BCUT2D eigenvalue weighted by molar-refractivity contribution is 5.94. The zero-order valence-corrected chi connectivity index (χ0v) is 41.7. The highest BCUT2D eigenvalue weighted by atomic mass is 15.2. The first-order chi connectivity index (χ1) is 34.9. The molecule has 0 spiro atoms. The van der Waals surface area contributed by atoms with E-state index >= 15 is 0 Å². The number of para-hydroxylation sites is 1. The fourth-order valence-corrected chi connectivity index (χ4v) is 15.2. The Morgan fingerprint density at radius 2 is 0.915 bits per heavy atom. The molecule has 0 aliphatic heterocycles. The molecule has 9 aliphatic carbocycles. The first kappa shape index (κ1) is 43.2. The molecule has 352 valence electrons. The second-order valence-corrected chi connectivity index (χ2v) is 23.1. The van der Waals surface area contributed by atoms with Crippen molar-refractivity contribution in [1.82, 2.24) is 0 Å². The molecular weight excluding hydrogens is 857 g/mol. The van der Waals surface area contributed by atoms with Crippen molar-refractivity contribution in [2.75, 3.05) is 9.80 Å². The van der Waals surface area contributed by atoms with E-state index in [9.17, 15) is 0 Å². The van der Waals surface area contributed by atoms with Crippen molar-refractivity contribution >= 4 is 34.1 Å². The summed E-state index contributed by atoms with van der Waals surface area (Å²) in [5.41, 5.74) is 24.2. The number of hydrogen-bond acceptors (Lipinski definition) is 2. The van der Waals surface area contributed by atoms with E-state index in [4.69, 9.17) is 0 Å². The van der Waals surface area contributed by atoms with Gasteiger partial charge in [-0.1, -0.05) is 148 Å². The van der Waals surface area contributed by atoms with E-state index in [1.807, 2.05) is 0 Å². The molecule has 0 amide bonds. The van der Waals surface area contributed by atoms with Crippen LogP contribution >= 0.6 is 0 Å². The standard InChI is InChI=1S/C69H66N2/c1-69(2)64-15-9-14-60(49-10-5-3-6-11-49)68(64)61-37-36-59(44-65(61)69)71(58-34-30-51(31-35-58)63-41-48-21-27-55(63)39-48)67-43-46-17-23-52-22-16-45(18-24-53(67)25-19-46)42-66(52)70(56-12-7-4-8-13-56)57-32-28-50(29-33-57)62-40-47-20-26-54(62)38-47/h3-16,19,22,25,28-37,42-44,47-48,54-55,62-63H,17-18,20-21,23-24,26-27,38-41H2,1-2H3. The van der Waals surface area contributed by atoms with Gasteiger partial charge in [-0.15, -0.1) is 0 Å². The van der Waals surface area contributed by atoms with Gasteiger partial charge in [0.25, 0.3) is 0 Å².